The number of aromatic hydroxyl groups is 1. The summed E-state index contributed by atoms with van der Waals surface area (Å²) in [5.74, 6) is 0.267. The lowest BCUT2D eigenvalue weighted by Gasteiger charge is -1.89. The van der Waals surface area contributed by atoms with Crippen LogP contribution in [-0.2, 0) is 6.54 Å². The number of fused-ring (bicyclic) bond motifs is 1. The van der Waals surface area contributed by atoms with Crippen LogP contribution < -0.4 is 0 Å². The summed E-state index contributed by atoms with van der Waals surface area (Å²) in [6.45, 7) is 2.89. The molecule has 0 radical (unpaired) electrons. The lowest BCUT2D eigenvalue weighted by Crippen LogP contribution is -1.92. The number of benzene rings is 1. The molecule has 0 aliphatic heterocycles. The molecule has 0 aliphatic rings. The van der Waals surface area contributed by atoms with Gasteiger partial charge in [-0.2, -0.15) is 5.10 Å². The molecule has 2 aromatic rings. The van der Waals surface area contributed by atoms with Crippen molar-refractivity contribution in [2.45, 2.75) is 13.5 Å². The van der Waals surface area contributed by atoms with E-state index in [2.05, 4.69) is 5.10 Å². The lowest BCUT2D eigenvalue weighted by atomic mass is 10.2. The van der Waals surface area contributed by atoms with Crippen LogP contribution in [0.2, 0.25) is 0 Å². The van der Waals surface area contributed by atoms with Gasteiger partial charge in [0.15, 0.2) is 0 Å². The largest absolute Gasteiger partial charge is 0.508 e. The van der Waals surface area contributed by atoms with Crippen LogP contribution in [-0.4, -0.2) is 14.9 Å². The Balaban J connectivity index is 2.67. The highest BCUT2D eigenvalue weighted by molar-refractivity contribution is 5.79. The number of aromatic nitrogens is 2. The Labute approximate surface area is 70.2 Å². The van der Waals surface area contributed by atoms with Gasteiger partial charge in [0, 0.05) is 24.2 Å². The van der Waals surface area contributed by atoms with Crippen LogP contribution in [0.1, 0.15) is 6.92 Å². The summed E-state index contributed by atoms with van der Waals surface area (Å²) < 4.78 is 1.85. The zero-order chi connectivity index (χ0) is 8.55. The number of rotatable bonds is 1. The first-order chi connectivity index (χ1) is 5.79. The summed E-state index contributed by atoms with van der Waals surface area (Å²) in [7, 11) is 0. The van der Waals surface area contributed by atoms with Crippen LogP contribution in [0.25, 0.3) is 10.9 Å². The van der Waals surface area contributed by atoms with Gasteiger partial charge >= 0.3 is 0 Å². The SMILES string of the molecule is CCn1cc2ccc(O)cc2n1. The third-order valence-corrected chi connectivity index (χ3v) is 1.86. The van der Waals surface area contributed by atoms with Gasteiger partial charge < -0.3 is 5.11 Å². The third-order valence-electron chi connectivity index (χ3n) is 1.86. The maximum atomic E-state index is 9.16. The molecule has 0 atom stereocenters. The fraction of sp³-hybridized carbons (Fsp3) is 0.222. The average molecular weight is 162 g/mol. The second-order valence-electron chi connectivity index (χ2n) is 2.73. The maximum absolute atomic E-state index is 9.16. The number of aryl methyl sites for hydroxylation is 1. The predicted octanol–water partition coefficient (Wildman–Crippen LogP) is 1.76. The van der Waals surface area contributed by atoms with Gasteiger partial charge in [0.1, 0.15) is 5.75 Å². The van der Waals surface area contributed by atoms with E-state index < -0.39 is 0 Å². The van der Waals surface area contributed by atoms with E-state index in [0.717, 1.165) is 17.4 Å². The Kier molecular flexibility index (Phi) is 1.50. The molecule has 1 N–H and O–H groups in total. The number of nitrogens with zero attached hydrogens (tertiary/aromatic N) is 2. The molecular formula is C9H10N2O. The number of hydrogen-bond donors (Lipinski definition) is 1. The number of phenolic OH excluding ortho intramolecular Hbond substituents is 1. The summed E-state index contributed by atoms with van der Waals surface area (Å²) in [6, 6.07) is 5.20. The van der Waals surface area contributed by atoms with E-state index >= 15 is 0 Å². The van der Waals surface area contributed by atoms with Crippen molar-refractivity contribution in [3.05, 3.63) is 24.4 Å². The highest BCUT2D eigenvalue weighted by atomic mass is 16.3. The van der Waals surface area contributed by atoms with Crippen molar-refractivity contribution in [2.24, 2.45) is 0 Å². The van der Waals surface area contributed by atoms with E-state index in [1.54, 1.807) is 12.1 Å². The van der Waals surface area contributed by atoms with Crippen LogP contribution in [0.4, 0.5) is 0 Å². The predicted molar refractivity (Wildman–Crippen MR) is 47.1 cm³/mol. The molecule has 3 heteroatoms. The Morgan fingerprint density at radius 1 is 1.50 bits per heavy atom. The second kappa shape index (κ2) is 2.52. The van der Waals surface area contributed by atoms with E-state index in [1.807, 2.05) is 23.9 Å². The average Bonchev–Trinajstić information content (AvgIpc) is 2.46. The molecule has 1 aromatic heterocycles. The van der Waals surface area contributed by atoms with Crippen molar-refractivity contribution in [3.63, 3.8) is 0 Å². The van der Waals surface area contributed by atoms with E-state index in [9.17, 15) is 0 Å². The van der Waals surface area contributed by atoms with E-state index in [1.165, 1.54) is 0 Å². The number of hydrogen-bond acceptors (Lipinski definition) is 2. The standard InChI is InChI=1S/C9H10N2O/c1-2-11-6-7-3-4-8(12)5-9(7)10-11/h3-6,12H,2H2,1H3. The molecule has 0 fully saturated rings. The Morgan fingerprint density at radius 2 is 2.33 bits per heavy atom. The van der Waals surface area contributed by atoms with Crippen LogP contribution in [0, 0.1) is 0 Å². The van der Waals surface area contributed by atoms with Gasteiger partial charge in [0.25, 0.3) is 0 Å². The summed E-state index contributed by atoms with van der Waals surface area (Å²) in [4.78, 5) is 0. The molecule has 0 saturated carbocycles. The molecule has 0 spiro atoms. The highest BCUT2D eigenvalue weighted by Crippen LogP contribution is 2.17. The molecule has 12 heavy (non-hydrogen) atoms. The molecule has 0 saturated heterocycles. The van der Waals surface area contributed by atoms with Crippen LogP contribution in [0.5, 0.6) is 5.75 Å². The maximum Gasteiger partial charge on any atom is 0.117 e. The fourth-order valence-electron chi connectivity index (χ4n) is 1.22. The Bertz CT molecular complexity index is 406. The molecular weight excluding hydrogens is 152 g/mol. The monoisotopic (exact) mass is 162 g/mol. The third kappa shape index (κ3) is 1.03. The van der Waals surface area contributed by atoms with E-state index in [0.29, 0.717) is 0 Å². The van der Waals surface area contributed by atoms with Crippen molar-refractivity contribution in [1.29, 1.82) is 0 Å². The first-order valence-electron chi connectivity index (χ1n) is 3.96. The smallest absolute Gasteiger partial charge is 0.117 e. The van der Waals surface area contributed by atoms with Gasteiger partial charge in [-0.1, -0.05) is 0 Å². The van der Waals surface area contributed by atoms with Crippen molar-refractivity contribution in [1.82, 2.24) is 9.78 Å². The lowest BCUT2D eigenvalue weighted by molar-refractivity contribution is 0.476. The first-order valence-corrected chi connectivity index (χ1v) is 3.96. The summed E-state index contributed by atoms with van der Waals surface area (Å²) in [5.41, 5.74) is 0.844. The zero-order valence-corrected chi connectivity index (χ0v) is 6.86. The summed E-state index contributed by atoms with van der Waals surface area (Å²) in [5, 5.41) is 14.5. The van der Waals surface area contributed by atoms with Gasteiger partial charge in [-0.25, -0.2) is 0 Å². The van der Waals surface area contributed by atoms with Crippen molar-refractivity contribution in [2.75, 3.05) is 0 Å². The Morgan fingerprint density at radius 3 is 3.08 bits per heavy atom. The fourth-order valence-corrected chi connectivity index (χ4v) is 1.22. The van der Waals surface area contributed by atoms with E-state index in [-0.39, 0.29) is 5.75 Å². The van der Waals surface area contributed by atoms with Crippen molar-refractivity contribution < 1.29 is 5.11 Å². The minimum Gasteiger partial charge on any atom is -0.508 e. The van der Waals surface area contributed by atoms with Gasteiger partial charge in [0.05, 0.1) is 5.52 Å². The first kappa shape index (κ1) is 7.16. The second-order valence-corrected chi connectivity index (χ2v) is 2.73. The molecule has 1 aromatic carbocycles. The van der Waals surface area contributed by atoms with E-state index in [4.69, 9.17) is 5.11 Å². The van der Waals surface area contributed by atoms with Crippen molar-refractivity contribution in [3.8, 4) is 5.75 Å². The highest BCUT2D eigenvalue weighted by Gasteiger charge is 1.98. The van der Waals surface area contributed by atoms with Crippen molar-refractivity contribution >= 4 is 10.9 Å². The summed E-state index contributed by atoms with van der Waals surface area (Å²) in [6.07, 6.45) is 1.97. The quantitative estimate of drug-likeness (QED) is 0.693. The topological polar surface area (TPSA) is 38.0 Å². The van der Waals surface area contributed by atoms with Crippen LogP contribution in [0.15, 0.2) is 24.4 Å². The molecule has 0 unspecified atom stereocenters. The molecule has 1 heterocycles. The molecule has 3 nitrogen and oxygen atoms in total. The molecule has 2 rings (SSSR count). The minimum absolute atomic E-state index is 0.267. The number of phenols is 1. The Hall–Kier alpha value is -1.51. The molecule has 0 amide bonds. The van der Waals surface area contributed by atoms with Gasteiger partial charge in [-0.3, -0.25) is 4.68 Å². The van der Waals surface area contributed by atoms with Gasteiger partial charge in [-0.15, -0.1) is 0 Å². The molecule has 0 bridgehead atoms. The zero-order valence-electron chi connectivity index (χ0n) is 6.86. The summed E-state index contributed by atoms with van der Waals surface area (Å²) >= 11 is 0. The van der Waals surface area contributed by atoms with Crippen LogP contribution in [0.3, 0.4) is 0 Å². The normalized spacial score (nSPS) is 10.8. The van der Waals surface area contributed by atoms with Crippen LogP contribution >= 0.6 is 0 Å². The molecule has 0 aliphatic carbocycles. The van der Waals surface area contributed by atoms with Gasteiger partial charge in [0.2, 0.25) is 0 Å². The van der Waals surface area contributed by atoms with Gasteiger partial charge in [-0.05, 0) is 19.1 Å². The molecule has 62 valence electrons. The minimum atomic E-state index is 0.267.